The number of benzene rings is 1. The molecular formula is C16H21N3O2. The standard InChI is InChI=1S/C16H21N3O2/c17-10-13-3-1-2-12-4-7-19(16(12)13)11-15(20)18-14-5-8-21-9-6-14/h1-4,7,14H,5-6,8-11,17H2,(H,18,20). The molecule has 112 valence electrons. The average Bonchev–Trinajstić information content (AvgIpc) is 2.91. The zero-order valence-corrected chi connectivity index (χ0v) is 12.0. The smallest absolute Gasteiger partial charge is 0.240 e. The minimum atomic E-state index is 0.0474. The van der Waals surface area contributed by atoms with E-state index in [2.05, 4.69) is 5.32 Å². The van der Waals surface area contributed by atoms with E-state index < -0.39 is 0 Å². The molecule has 0 atom stereocenters. The third-order valence-electron chi connectivity index (χ3n) is 3.99. The van der Waals surface area contributed by atoms with E-state index in [9.17, 15) is 4.79 Å². The van der Waals surface area contributed by atoms with Crippen LogP contribution >= 0.6 is 0 Å². The van der Waals surface area contributed by atoms with E-state index in [1.165, 1.54) is 0 Å². The highest BCUT2D eigenvalue weighted by atomic mass is 16.5. The molecule has 0 aliphatic carbocycles. The van der Waals surface area contributed by atoms with Crippen molar-refractivity contribution in [2.75, 3.05) is 13.2 Å². The first-order chi connectivity index (χ1) is 10.3. The van der Waals surface area contributed by atoms with Crippen molar-refractivity contribution in [3.63, 3.8) is 0 Å². The highest BCUT2D eigenvalue weighted by Gasteiger charge is 2.16. The Hall–Kier alpha value is -1.85. The number of nitrogens with zero attached hydrogens (tertiary/aromatic N) is 1. The van der Waals surface area contributed by atoms with Crippen molar-refractivity contribution in [2.45, 2.75) is 32.0 Å². The van der Waals surface area contributed by atoms with Crippen molar-refractivity contribution >= 4 is 16.8 Å². The monoisotopic (exact) mass is 287 g/mol. The van der Waals surface area contributed by atoms with Crippen LogP contribution in [0.2, 0.25) is 0 Å². The van der Waals surface area contributed by atoms with Gasteiger partial charge in [0.1, 0.15) is 6.54 Å². The van der Waals surface area contributed by atoms with E-state index in [1.807, 2.05) is 35.0 Å². The number of nitrogens with two attached hydrogens (primary N) is 1. The maximum Gasteiger partial charge on any atom is 0.240 e. The van der Waals surface area contributed by atoms with Crippen molar-refractivity contribution in [1.29, 1.82) is 0 Å². The summed E-state index contributed by atoms with van der Waals surface area (Å²) in [5.41, 5.74) is 7.92. The number of ether oxygens (including phenoxy) is 1. The Bertz CT molecular complexity index is 629. The quantitative estimate of drug-likeness (QED) is 0.893. The average molecular weight is 287 g/mol. The molecule has 1 aliphatic rings. The van der Waals surface area contributed by atoms with Crippen LogP contribution in [0.15, 0.2) is 30.5 Å². The molecule has 0 saturated carbocycles. The van der Waals surface area contributed by atoms with Gasteiger partial charge in [0.05, 0.1) is 5.52 Å². The number of aromatic nitrogens is 1. The predicted molar refractivity (Wildman–Crippen MR) is 81.8 cm³/mol. The second kappa shape index (κ2) is 6.28. The van der Waals surface area contributed by atoms with Crippen molar-refractivity contribution in [2.24, 2.45) is 5.73 Å². The Labute approximate surface area is 124 Å². The molecule has 0 radical (unpaired) electrons. The Kier molecular flexibility index (Phi) is 4.22. The van der Waals surface area contributed by atoms with Crippen LogP contribution in [0.5, 0.6) is 0 Å². The lowest BCUT2D eigenvalue weighted by molar-refractivity contribution is -0.122. The third kappa shape index (κ3) is 3.09. The molecular weight excluding hydrogens is 266 g/mol. The third-order valence-corrected chi connectivity index (χ3v) is 3.99. The van der Waals surface area contributed by atoms with Gasteiger partial charge in [-0.05, 0) is 29.9 Å². The van der Waals surface area contributed by atoms with Crippen LogP contribution in [0.3, 0.4) is 0 Å². The molecule has 0 bridgehead atoms. The Morgan fingerprint density at radius 2 is 2.14 bits per heavy atom. The summed E-state index contributed by atoms with van der Waals surface area (Å²) >= 11 is 0. The molecule has 21 heavy (non-hydrogen) atoms. The number of nitrogens with one attached hydrogen (secondary N) is 1. The fraction of sp³-hybridized carbons (Fsp3) is 0.438. The largest absolute Gasteiger partial charge is 0.381 e. The molecule has 3 N–H and O–H groups in total. The van der Waals surface area contributed by atoms with E-state index >= 15 is 0 Å². The van der Waals surface area contributed by atoms with Gasteiger partial charge in [0.15, 0.2) is 0 Å². The second-order valence-electron chi connectivity index (χ2n) is 5.46. The lowest BCUT2D eigenvalue weighted by Crippen LogP contribution is -2.40. The Morgan fingerprint density at radius 1 is 1.33 bits per heavy atom. The number of fused-ring (bicyclic) bond motifs is 1. The summed E-state index contributed by atoms with van der Waals surface area (Å²) in [5, 5.41) is 4.21. The molecule has 5 nitrogen and oxygen atoms in total. The van der Waals surface area contributed by atoms with Gasteiger partial charge in [-0.3, -0.25) is 4.79 Å². The van der Waals surface area contributed by atoms with Crippen molar-refractivity contribution in [3.05, 3.63) is 36.0 Å². The molecule has 1 amide bonds. The highest BCUT2D eigenvalue weighted by molar-refractivity contribution is 5.85. The van der Waals surface area contributed by atoms with Crippen LogP contribution in [0.25, 0.3) is 10.9 Å². The van der Waals surface area contributed by atoms with Gasteiger partial charge in [0.25, 0.3) is 0 Å². The van der Waals surface area contributed by atoms with Crippen LogP contribution in [0.1, 0.15) is 18.4 Å². The first kappa shape index (κ1) is 14.1. The normalized spacial score (nSPS) is 16.2. The SMILES string of the molecule is NCc1cccc2ccn(CC(=O)NC3CCOCC3)c12. The van der Waals surface area contributed by atoms with Crippen LogP contribution in [-0.4, -0.2) is 29.7 Å². The first-order valence-electron chi connectivity index (χ1n) is 7.42. The van der Waals surface area contributed by atoms with E-state index in [-0.39, 0.29) is 11.9 Å². The Balaban J connectivity index is 1.73. The molecule has 0 spiro atoms. The van der Waals surface area contributed by atoms with Gasteiger partial charge < -0.3 is 20.4 Å². The zero-order valence-electron chi connectivity index (χ0n) is 12.0. The van der Waals surface area contributed by atoms with Gasteiger partial charge in [0, 0.05) is 32.0 Å². The summed E-state index contributed by atoms with van der Waals surface area (Å²) in [4.78, 5) is 12.2. The topological polar surface area (TPSA) is 69.3 Å². The molecule has 2 heterocycles. The summed E-state index contributed by atoms with van der Waals surface area (Å²) in [5.74, 6) is 0.0474. The van der Waals surface area contributed by atoms with Gasteiger partial charge in [-0.2, -0.15) is 0 Å². The van der Waals surface area contributed by atoms with Crippen LogP contribution in [0.4, 0.5) is 0 Å². The summed E-state index contributed by atoms with van der Waals surface area (Å²) in [7, 11) is 0. The van der Waals surface area contributed by atoms with Gasteiger partial charge in [-0.25, -0.2) is 0 Å². The molecule has 1 fully saturated rings. The molecule has 1 saturated heterocycles. The van der Waals surface area contributed by atoms with E-state index in [1.54, 1.807) is 0 Å². The summed E-state index contributed by atoms with van der Waals surface area (Å²) < 4.78 is 7.28. The van der Waals surface area contributed by atoms with Gasteiger partial charge in [-0.1, -0.05) is 18.2 Å². The summed E-state index contributed by atoms with van der Waals surface area (Å²) in [6.45, 7) is 2.27. The molecule has 0 unspecified atom stereocenters. The number of hydrogen-bond acceptors (Lipinski definition) is 3. The fourth-order valence-corrected chi connectivity index (χ4v) is 2.91. The molecule has 2 aromatic rings. The second-order valence-corrected chi connectivity index (χ2v) is 5.46. The van der Waals surface area contributed by atoms with Crippen molar-refractivity contribution < 1.29 is 9.53 Å². The molecule has 1 aliphatic heterocycles. The minimum absolute atomic E-state index is 0.0474. The maximum absolute atomic E-state index is 12.2. The van der Waals surface area contributed by atoms with E-state index in [0.29, 0.717) is 13.1 Å². The van der Waals surface area contributed by atoms with Crippen LogP contribution in [-0.2, 0) is 22.6 Å². The first-order valence-corrected chi connectivity index (χ1v) is 7.42. The predicted octanol–water partition coefficient (Wildman–Crippen LogP) is 1.40. The van der Waals surface area contributed by atoms with E-state index in [0.717, 1.165) is 42.5 Å². The van der Waals surface area contributed by atoms with Gasteiger partial charge in [0.2, 0.25) is 5.91 Å². The molecule has 1 aromatic heterocycles. The number of para-hydroxylation sites is 1. The van der Waals surface area contributed by atoms with Crippen LogP contribution in [0, 0.1) is 0 Å². The number of amides is 1. The molecule has 3 rings (SSSR count). The minimum Gasteiger partial charge on any atom is -0.381 e. The lowest BCUT2D eigenvalue weighted by Gasteiger charge is -2.23. The van der Waals surface area contributed by atoms with Crippen molar-refractivity contribution in [3.8, 4) is 0 Å². The number of carbonyl (C=O) groups is 1. The number of carbonyl (C=O) groups excluding carboxylic acids is 1. The van der Waals surface area contributed by atoms with Gasteiger partial charge >= 0.3 is 0 Å². The molecule has 5 heteroatoms. The Morgan fingerprint density at radius 3 is 2.90 bits per heavy atom. The number of hydrogen-bond donors (Lipinski definition) is 2. The lowest BCUT2D eigenvalue weighted by atomic mass is 10.1. The zero-order chi connectivity index (χ0) is 14.7. The van der Waals surface area contributed by atoms with Crippen LogP contribution < -0.4 is 11.1 Å². The maximum atomic E-state index is 12.2. The van der Waals surface area contributed by atoms with E-state index in [4.69, 9.17) is 10.5 Å². The fourth-order valence-electron chi connectivity index (χ4n) is 2.91. The summed E-state index contributed by atoms with van der Waals surface area (Å²) in [6, 6.07) is 8.31. The number of rotatable bonds is 4. The van der Waals surface area contributed by atoms with Gasteiger partial charge in [-0.15, -0.1) is 0 Å². The highest BCUT2D eigenvalue weighted by Crippen LogP contribution is 2.20. The molecule has 1 aromatic carbocycles. The van der Waals surface area contributed by atoms with Crippen molar-refractivity contribution in [1.82, 2.24) is 9.88 Å². The summed E-state index contributed by atoms with van der Waals surface area (Å²) in [6.07, 6.45) is 3.74.